The van der Waals surface area contributed by atoms with Crippen LogP contribution in [0.4, 0.5) is 0 Å². The zero-order valence-corrected chi connectivity index (χ0v) is 14.9. The van der Waals surface area contributed by atoms with Crippen molar-refractivity contribution in [2.45, 2.75) is 44.7 Å². The fourth-order valence-electron chi connectivity index (χ4n) is 4.23. The highest BCUT2D eigenvalue weighted by Crippen LogP contribution is 2.29. The van der Waals surface area contributed by atoms with E-state index in [1.807, 2.05) is 12.1 Å². The summed E-state index contributed by atoms with van der Waals surface area (Å²) in [6, 6.07) is 8.61. The number of halogens is 1. The van der Waals surface area contributed by atoms with Crippen LogP contribution in [0.25, 0.3) is 0 Å². The lowest BCUT2D eigenvalue weighted by atomic mass is 9.87. The normalized spacial score (nSPS) is 25.9. The number of carboxylic acid groups (broad SMARTS) is 1. The molecule has 0 amide bonds. The minimum absolute atomic E-state index is 0.282. The van der Waals surface area contributed by atoms with E-state index in [0.29, 0.717) is 12.0 Å². The molecular weight excluding hydrogens is 324 g/mol. The monoisotopic (exact) mass is 350 g/mol. The molecule has 132 valence electrons. The first-order valence-electron chi connectivity index (χ1n) is 9.04. The summed E-state index contributed by atoms with van der Waals surface area (Å²) in [4.78, 5) is 16.1. The third-order valence-electron chi connectivity index (χ3n) is 5.44. The lowest BCUT2D eigenvalue weighted by Gasteiger charge is -2.43. The van der Waals surface area contributed by atoms with Gasteiger partial charge in [-0.3, -0.25) is 9.69 Å². The van der Waals surface area contributed by atoms with E-state index in [-0.39, 0.29) is 6.42 Å². The molecule has 2 aliphatic rings. The fourth-order valence-corrected chi connectivity index (χ4v) is 4.36. The molecule has 0 aromatic heterocycles. The zero-order chi connectivity index (χ0) is 16.9. The number of carbonyl (C=O) groups is 1. The van der Waals surface area contributed by atoms with Crippen LogP contribution in [-0.4, -0.2) is 53.1 Å². The van der Waals surface area contributed by atoms with Crippen molar-refractivity contribution in [3.05, 3.63) is 34.9 Å². The van der Waals surface area contributed by atoms with E-state index in [1.165, 1.54) is 31.5 Å². The Morgan fingerprint density at radius 3 is 2.54 bits per heavy atom. The Bertz CT molecular complexity index is 543. The summed E-state index contributed by atoms with van der Waals surface area (Å²) in [5, 5.41) is 9.85. The molecule has 5 heteroatoms. The summed E-state index contributed by atoms with van der Waals surface area (Å²) in [5.74, 6) is -0.217. The number of likely N-dealkylation sites (tertiary alicyclic amines) is 2. The summed E-state index contributed by atoms with van der Waals surface area (Å²) in [6.07, 6.45) is 4.79. The van der Waals surface area contributed by atoms with Gasteiger partial charge in [-0.1, -0.05) is 23.7 Å². The minimum Gasteiger partial charge on any atom is -0.481 e. The van der Waals surface area contributed by atoms with Crippen LogP contribution < -0.4 is 0 Å². The van der Waals surface area contributed by atoms with Crippen molar-refractivity contribution in [1.82, 2.24) is 9.80 Å². The van der Waals surface area contributed by atoms with Gasteiger partial charge in [0.15, 0.2) is 0 Å². The first kappa shape index (κ1) is 17.7. The van der Waals surface area contributed by atoms with Gasteiger partial charge in [-0.15, -0.1) is 0 Å². The number of carboxylic acids is 1. The molecule has 0 unspecified atom stereocenters. The number of hydrogen-bond acceptors (Lipinski definition) is 3. The van der Waals surface area contributed by atoms with Crippen molar-refractivity contribution in [2.75, 3.05) is 26.2 Å². The zero-order valence-electron chi connectivity index (χ0n) is 14.2. The number of aliphatic carboxylic acids is 1. The summed E-state index contributed by atoms with van der Waals surface area (Å²) >= 11 is 5.97. The molecule has 24 heavy (non-hydrogen) atoms. The van der Waals surface area contributed by atoms with Gasteiger partial charge in [0.05, 0.1) is 0 Å². The molecule has 0 aliphatic carbocycles. The third-order valence-corrected chi connectivity index (χ3v) is 5.69. The van der Waals surface area contributed by atoms with Crippen molar-refractivity contribution in [1.29, 1.82) is 0 Å². The number of piperidine rings is 1. The van der Waals surface area contributed by atoms with E-state index in [0.717, 1.165) is 37.5 Å². The van der Waals surface area contributed by atoms with Gasteiger partial charge in [-0.05, 0) is 68.9 Å². The van der Waals surface area contributed by atoms with E-state index in [1.54, 1.807) is 0 Å². The average Bonchev–Trinajstić information content (AvgIpc) is 3.09. The molecule has 4 nitrogen and oxygen atoms in total. The molecule has 2 fully saturated rings. The SMILES string of the molecule is O=C(O)CC[C@@H]1CN(Cc2ccc(Cl)cc2)CC[C@@H]1N1CCCC1. The average molecular weight is 351 g/mol. The van der Waals surface area contributed by atoms with Crippen LogP contribution in [0.15, 0.2) is 24.3 Å². The van der Waals surface area contributed by atoms with Crippen LogP contribution >= 0.6 is 11.6 Å². The molecule has 3 rings (SSSR count). The van der Waals surface area contributed by atoms with E-state index in [4.69, 9.17) is 16.7 Å². The molecular formula is C19H27ClN2O2. The highest BCUT2D eigenvalue weighted by atomic mass is 35.5. The van der Waals surface area contributed by atoms with E-state index in [2.05, 4.69) is 21.9 Å². The Hall–Kier alpha value is -1.10. The number of benzene rings is 1. The molecule has 1 N–H and O–H groups in total. The molecule has 2 atom stereocenters. The number of hydrogen-bond donors (Lipinski definition) is 1. The van der Waals surface area contributed by atoms with Crippen LogP contribution in [0.5, 0.6) is 0 Å². The Morgan fingerprint density at radius 2 is 1.88 bits per heavy atom. The van der Waals surface area contributed by atoms with Crippen molar-refractivity contribution in [2.24, 2.45) is 5.92 Å². The topological polar surface area (TPSA) is 43.8 Å². The maximum Gasteiger partial charge on any atom is 0.303 e. The maximum atomic E-state index is 11.0. The van der Waals surface area contributed by atoms with Gasteiger partial charge in [0, 0.05) is 30.6 Å². The standard InChI is InChI=1S/C19H27ClN2O2/c20-17-6-3-15(4-7-17)13-21-12-9-18(22-10-1-2-11-22)16(14-21)5-8-19(23)24/h3-4,6-7,16,18H,1-2,5,8-14H2,(H,23,24)/t16-,18+/m1/s1. The number of nitrogens with zero attached hydrogens (tertiary/aromatic N) is 2. The van der Waals surface area contributed by atoms with Crippen LogP contribution in [0.2, 0.25) is 5.02 Å². The highest BCUT2D eigenvalue weighted by Gasteiger charge is 2.34. The Morgan fingerprint density at radius 1 is 1.17 bits per heavy atom. The van der Waals surface area contributed by atoms with Gasteiger partial charge in [0.25, 0.3) is 0 Å². The molecule has 1 aromatic rings. The lowest BCUT2D eigenvalue weighted by Crippen LogP contribution is -2.50. The number of rotatable bonds is 6. The van der Waals surface area contributed by atoms with Gasteiger partial charge in [0.2, 0.25) is 0 Å². The molecule has 2 aliphatic heterocycles. The Balaban J connectivity index is 1.62. The second-order valence-corrected chi connectivity index (χ2v) is 7.59. The van der Waals surface area contributed by atoms with Crippen LogP contribution in [0.1, 0.15) is 37.7 Å². The summed E-state index contributed by atoms with van der Waals surface area (Å²) in [7, 11) is 0. The van der Waals surface area contributed by atoms with E-state index >= 15 is 0 Å². The Labute approximate surface area is 149 Å². The van der Waals surface area contributed by atoms with Crippen LogP contribution in [0.3, 0.4) is 0 Å². The lowest BCUT2D eigenvalue weighted by molar-refractivity contribution is -0.137. The largest absolute Gasteiger partial charge is 0.481 e. The van der Waals surface area contributed by atoms with Gasteiger partial charge in [-0.2, -0.15) is 0 Å². The molecule has 0 spiro atoms. The van der Waals surface area contributed by atoms with Crippen LogP contribution in [0, 0.1) is 5.92 Å². The van der Waals surface area contributed by atoms with Crippen molar-refractivity contribution in [3.63, 3.8) is 0 Å². The summed E-state index contributed by atoms with van der Waals surface area (Å²) in [5.41, 5.74) is 1.27. The summed E-state index contributed by atoms with van der Waals surface area (Å²) < 4.78 is 0. The molecule has 0 saturated carbocycles. The maximum absolute atomic E-state index is 11.0. The quantitative estimate of drug-likeness (QED) is 0.852. The van der Waals surface area contributed by atoms with E-state index < -0.39 is 5.97 Å². The highest BCUT2D eigenvalue weighted by molar-refractivity contribution is 6.30. The molecule has 2 heterocycles. The van der Waals surface area contributed by atoms with Crippen LogP contribution in [-0.2, 0) is 11.3 Å². The van der Waals surface area contributed by atoms with Crippen molar-refractivity contribution in [3.8, 4) is 0 Å². The summed E-state index contributed by atoms with van der Waals surface area (Å²) in [6.45, 7) is 5.38. The van der Waals surface area contributed by atoms with E-state index in [9.17, 15) is 4.79 Å². The second kappa shape index (κ2) is 8.32. The molecule has 1 aromatic carbocycles. The molecule has 0 bridgehead atoms. The fraction of sp³-hybridized carbons (Fsp3) is 0.632. The van der Waals surface area contributed by atoms with Gasteiger partial charge in [-0.25, -0.2) is 0 Å². The molecule has 0 radical (unpaired) electrons. The van der Waals surface area contributed by atoms with Gasteiger partial charge in [0.1, 0.15) is 0 Å². The van der Waals surface area contributed by atoms with Gasteiger partial charge >= 0.3 is 5.97 Å². The predicted molar refractivity (Wildman–Crippen MR) is 96.3 cm³/mol. The van der Waals surface area contributed by atoms with Crippen molar-refractivity contribution < 1.29 is 9.90 Å². The first-order valence-corrected chi connectivity index (χ1v) is 9.42. The Kier molecular flexibility index (Phi) is 6.14. The van der Waals surface area contributed by atoms with Crippen molar-refractivity contribution >= 4 is 17.6 Å². The predicted octanol–water partition coefficient (Wildman–Crippen LogP) is 3.49. The third kappa shape index (κ3) is 4.71. The molecule has 2 saturated heterocycles. The second-order valence-electron chi connectivity index (χ2n) is 7.15. The van der Waals surface area contributed by atoms with Gasteiger partial charge < -0.3 is 10.0 Å². The first-order chi connectivity index (χ1) is 11.6. The minimum atomic E-state index is -0.676. The smallest absolute Gasteiger partial charge is 0.303 e.